The summed E-state index contributed by atoms with van der Waals surface area (Å²) in [6.45, 7) is -2.46. The number of nitro groups is 1. The molecule has 0 heterocycles. The maximum atomic E-state index is 12.4. The summed E-state index contributed by atoms with van der Waals surface area (Å²) in [4.78, 5) is 46.1. The molecule has 0 radical (unpaired) electrons. The topological polar surface area (TPSA) is 137 Å². The standard InChI is InChI=1S/C19H17F2N3O7/c1-11(17(26)23-14-7-2-3-8-15(14)31-19(20)21)30-16(25)10-22-18(27)12-5-4-6-13(9-12)24(28)29/h2-9,11,19H,10H2,1H3,(H,22,27)(H,23,26). The Kier molecular flexibility index (Phi) is 7.94. The Balaban J connectivity index is 1.88. The molecule has 164 valence electrons. The Labute approximate surface area is 174 Å². The number of hydrogen-bond acceptors (Lipinski definition) is 7. The number of anilines is 1. The maximum Gasteiger partial charge on any atom is 0.387 e. The van der Waals surface area contributed by atoms with E-state index >= 15 is 0 Å². The van der Waals surface area contributed by atoms with Gasteiger partial charge in [-0.2, -0.15) is 8.78 Å². The molecule has 1 unspecified atom stereocenters. The molecule has 0 bridgehead atoms. The third kappa shape index (κ3) is 7.03. The number of carbonyl (C=O) groups is 3. The molecule has 0 aromatic heterocycles. The Morgan fingerprint density at radius 2 is 1.84 bits per heavy atom. The van der Waals surface area contributed by atoms with E-state index in [2.05, 4.69) is 15.4 Å². The SMILES string of the molecule is CC(OC(=O)CNC(=O)c1cccc([N+](=O)[O-])c1)C(=O)Nc1ccccc1OC(F)F. The zero-order valence-corrected chi connectivity index (χ0v) is 16.0. The normalized spacial score (nSPS) is 11.4. The molecule has 2 rings (SSSR count). The quantitative estimate of drug-likeness (QED) is 0.349. The number of nitro benzene ring substituents is 1. The van der Waals surface area contributed by atoms with Crippen molar-refractivity contribution >= 4 is 29.2 Å². The minimum atomic E-state index is -3.09. The van der Waals surface area contributed by atoms with E-state index in [9.17, 15) is 33.3 Å². The molecule has 2 amide bonds. The summed E-state index contributed by atoms with van der Waals surface area (Å²) in [6.07, 6.45) is -1.32. The number of nitrogens with zero attached hydrogens (tertiary/aromatic N) is 1. The van der Waals surface area contributed by atoms with E-state index in [4.69, 9.17) is 4.74 Å². The van der Waals surface area contributed by atoms with Gasteiger partial charge in [-0.25, -0.2) is 0 Å². The molecule has 12 heteroatoms. The Morgan fingerprint density at radius 3 is 2.52 bits per heavy atom. The van der Waals surface area contributed by atoms with Crippen molar-refractivity contribution in [1.82, 2.24) is 5.32 Å². The highest BCUT2D eigenvalue weighted by molar-refractivity contribution is 5.98. The van der Waals surface area contributed by atoms with E-state index < -0.39 is 42.0 Å². The van der Waals surface area contributed by atoms with Gasteiger partial charge in [-0.1, -0.05) is 18.2 Å². The number of rotatable bonds is 9. The van der Waals surface area contributed by atoms with Crippen LogP contribution in [0.1, 0.15) is 17.3 Å². The van der Waals surface area contributed by atoms with Crippen molar-refractivity contribution in [3.63, 3.8) is 0 Å². The van der Waals surface area contributed by atoms with Crippen LogP contribution in [0.2, 0.25) is 0 Å². The molecule has 1 atom stereocenters. The van der Waals surface area contributed by atoms with Crippen LogP contribution in [0.5, 0.6) is 5.75 Å². The number of non-ortho nitro benzene ring substituents is 1. The highest BCUT2D eigenvalue weighted by Crippen LogP contribution is 2.25. The molecule has 0 fully saturated rings. The molecule has 0 saturated heterocycles. The van der Waals surface area contributed by atoms with Crippen LogP contribution in [-0.2, 0) is 14.3 Å². The summed E-state index contributed by atoms with van der Waals surface area (Å²) in [5.74, 6) is -2.80. The third-order valence-electron chi connectivity index (χ3n) is 3.75. The number of halogens is 2. The van der Waals surface area contributed by atoms with Gasteiger partial charge in [-0.05, 0) is 25.1 Å². The fraction of sp³-hybridized carbons (Fsp3) is 0.211. The molecular weight excluding hydrogens is 420 g/mol. The minimum Gasteiger partial charge on any atom is -0.451 e. The van der Waals surface area contributed by atoms with Gasteiger partial charge in [0.05, 0.1) is 10.6 Å². The van der Waals surface area contributed by atoms with Gasteiger partial charge in [0.2, 0.25) is 0 Å². The van der Waals surface area contributed by atoms with E-state index in [-0.39, 0.29) is 22.7 Å². The first-order valence-electron chi connectivity index (χ1n) is 8.74. The number of nitrogens with one attached hydrogen (secondary N) is 2. The number of benzene rings is 2. The smallest absolute Gasteiger partial charge is 0.387 e. The first-order valence-corrected chi connectivity index (χ1v) is 8.74. The average molecular weight is 437 g/mol. The summed E-state index contributed by atoms with van der Waals surface area (Å²) in [6, 6.07) is 10.3. The van der Waals surface area contributed by atoms with Gasteiger partial charge in [-0.3, -0.25) is 24.5 Å². The highest BCUT2D eigenvalue weighted by Gasteiger charge is 2.21. The average Bonchev–Trinajstić information content (AvgIpc) is 2.73. The lowest BCUT2D eigenvalue weighted by Crippen LogP contribution is -2.35. The molecule has 0 aliphatic rings. The summed E-state index contributed by atoms with van der Waals surface area (Å²) in [7, 11) is 0. The third-order valence-corrected chi connectivity index (χ3v) is 3.75. The van der Waals surface area contributed by atoms with Crippen molar-refractivity contribution in [1.29, 1.82) is 0 Å². The monoisotopic (exact) mass is 437 g/mol. The van der Waals surface area contributed by atoms with Crippen LogP contribution in [0.25, 0.3) is 0 Å². The number of ether oxygens (including phenoxy) is 2. The fourth-order valence-electron chi connectivity index (χ4n) is 2.31. The molecule has 0 spiro atoms. The summed E-state index contributed by atoms with van der Waals surface area (Å²) in [5.41, 5.74) is -0.380. The van der Waals surface area contributed by atoms with Gasteiger partial charge in [0.25, 0.3) is 17.5 Å². The fourth-order valence-corrected chi connectivity index (χ4v) is 2.31. The number of hydrogen-bond donors (Lipinski definition) is 2. The summed E-state index contributed by atoms with van der Waals surface area (Å²) < 4.78 is 34.0. The van der Waals surface area contributed by atoms with Crippen LogP contribution >= 0.6 is 0 Å². The lowest BCUT2D eigenvalue weighted by molar-refractivity contribution is -0.384. The van der Waals surface area contributed by atoms with Crippen molar-refractivity contribution in [2.75, 3.05) is 11.9 Å². The molecule has 31 heavy (non-hydrogen) atoms. The summed E-state index contributed by atoms with van der Waals surface area (Å²) in [5, 5.41) is 15.3. The number of carbonyl (C=O) groups excluding carboxylic acids is 3. The van der Waals surface area contributed by atoms with E-state index in [0.29, 0.717) is 0 Å². The van der Waals surface area contributed by atoms with Gasteiger partial charge in [0.15, 0.2) is 6.10 Å². The molecule has 2 N–H and O–H groups in total. The first kappa shape index (κ1) is 23.2. The largest absolute Gasteiger partial charge is 0.451 e. The lowest BCUT2D eigenvalue weighted by Gasteiger charge is -2.16. The molecule has 2 aromatic carbocycles. The van der Waals surface area contributed by atoms with Crippen LogP contribution in [-0.4, -0.2) is 42.0 Å². The highest BCUT2D eigenvalue weighted by atomic mass is 19.3. The Morgan fingerprint density at radius 1 is 1.13 bits per heavy atom. The Hall–Kier alpha value is -4.09. The second-order valence-corrected chi connectivity index (χ2v) is 5.99. The lowest BCUT2D eigenvalue weighted by atomic mass is 10.2. The van der Waals surface area contributed by atoms with Crippen LogP contribution in [0.4, 0.5) is 20.2 Å². The molecule has 0 aliphatic heterocycles. The Bertz CT molecular complexity index is 984. The van der Waals surface area contributed by atoms with Crippen LogP contribution in [0, 0.1) is 10.1 Å². The predicted octanol–water partition coefficient (Wildman–Crippen LogP) is 2.50. The van der Waals surface area contributed by atoms with Crippen LogP contribution in [0.15, 0.2) is 48.5 Å². The van der Waals surface area contributed by atoms with E-state index in [1.165, 1.54) is 49.4 Å². The number of esters is 1. The second kappa shape index (κ2) is 10.6. The van der Waals surface area contributed by atoms with Gasteiger partial charge in [0, 0.05) is 17.7 Å². The predicted molar refractivity (Wildman–Crippen MR) is 103 cm³/mol. The van der Waals surface area contributed by atoms with Crippen LogP contribution < -0.4 is 15.4 Å². The molecule has 10 nitrogen and oxygen atoms in total. The number of amides is 2. The van der Waals surface area contributed by atoms with Gasteiger partial charge in [-0.15, -0.1) is 0 Å². The van der Waals surface area contributed by atoms with Gasteiger partial charge >= 0.3 is 12.6 Å². The van der Waals surface area contributed by atoms with Crippen molar-refractivity contribution in [2.45, 2.75) is 19.6 Å². The number of para-hydroxylation sites is 2. The van der Waals surface area contributed by atoms with Crippen molar-refractivity contribution in [3.05, 3.63) is 64.2 Å². The van der Waals surface area contributed by atoms with Gasteiger partial charge < -0.3 is 20.1 Å². The zero-order chi connectivity index (χ0) is 23.0. The molecular formula is C19H17F2N3O7. The second-order valence-electron chi connectivity index (χ2n) is 5.99. The summed E-state index contributed by atoms with van der Waals surface area (Å²) >= 11 is 0. The van der Waals surface area contributed by atoms with Crippen LogP contribution in [0.3, 0.4) is 0 Å². The van der Waals surface area contributed by atoms with E-state index in [0.717, 1.165) is 6.07 Å². The van der Waals surface area contributed by atoms with Gasteiger partial charge in [0.1, 0.15) is 12.3 Å². The van der Waals surface area contributed by atoms with Crippen molar-refractivity contribution in [3.8, 4) is 5.75 Å². The maximum absolute atomic E-state index is 12.4. The molecule has 0 aliphatic carbocycles. The molecule has 0 saturated carbocycles. The van der Waals surface area contributed by atoms with E-state index in [1.807, 2.05) is 0 Å². The molecule has 2 aromatic rings. The minimum absolute atomic E-state index is 0.0385. The van der Waals surface area contributed by atoms with Crippen molar-refractivity contribution < 1.29 is 37.6 Å². The zero-order valence-electron chi connectivity index (χ0n) is 16.0. The number of alkyl halides is 2. The van der Waals surface area contributed by atoms with Crippen molar-refractivity contribution in [2.24, 2.45) is 0 Å². The van der Waals surface area contributed by atoms with E-state index in [1.54, 1.807) is 0 Å². The first-order chi connectivity index (χ1) is 14.7.